The van der Waals surface area contributed by atoms with Crippen LogP contribution in [-0.4, -0.2) is 132 Å². The van der Waals surface area contributed by atoms with Gasteiger partial charge in [-0.3, -0.25) is 53.1 Å². The lowest BCUT2D eigenvalue weighted by molar-refractivity contribution is -0.136. The van der Waals surface area contributed by atoms with Gasteiger partial charge in [0.2, 0.25) is 53.2 Å². The predicted octanol–water partition coefficient (Wildman–Crippen LogP) is -1.91. The van der Waals surface area contributed by atoms with E-state index in [0.717, 1.165) is 10.9 Å². The number of aliphatic imine (C=N–C) groups is 2. The number of primary amides is 1. The molecule has 1 aliphatic heterocycles. The monoisotopic (exact) mass is 1060 g/mol. The Kier molecular flexibility index (Phi) is 24.5. The quantitative estimate of drug-likeness (QED) is 0.0376. The zero-order valence-corrected chi connectivity index (χ0v) is 43.5. The molecule has 25 nitrogen and oxygen atoms in total. The fourth-order valence-electron chi connectivity index (χ4n) is 8.55. The third-order valence-electron chi connectivity index (χ3n) is 12.4. The van der Waals surface area contributed by atoms with Gasteiger partial charge in [0, 0.05) is 56.5 Å². The molecule has 0 aliphatic carbocycles. The zero-order valence-electron chi connectivity index (χ0n) is 43.5. The highest BCUT2D eigenvalue weighted by Crippen LogP contribution is 2.20. The normalized spacial score (nSPS) is 21.2. The van der Waals surface area contributed by atoms with Crippen LogP contribution in [0.15, 0.2) is 70.8 Å². The average Bonchev–Trinajstić information content (AvgIpc) is 3.77. The number of carbonyl (C=O) groups is 9. The van der Waals surface area contributed by atoms with Crippen LogP contribution >= 0.6 is 0 Å². The minimum atomic E-state index is -1.57. The van der Waals surface area contributed by atoms with Crippen molar-refractivity contribution in [3.63, 3.8) is 0 Å². The molecule has 0 bridgehead atoms. The lowest BCUT2D eigenvalue weighted by Crippen LogP contribution is -2.61. The van der Waals surface area contributed by atoms with Gasteiger partial charge in [-0.15, -0.1) is 0 Å². The first-order valence-electron chi connectivity index (χ1n) is 25.6. The maximum absolute atomic E-state index is 14.7. The van der Waals surface area contributed by atoms with Gasteiger partial charge in [-0.05, 0) is 68.1 Å². The number of carbonyl (C=O) groups excluding carboxylic acids is 9. The SMILES string of the molecule is CC(=O)N[C@@H](CCCN=C(N)N)C(=O)N[C@H]1CC(=O)NCCCCC[C@@H](C(N)=O)NC(=O)[C@H](Cc2c[nH]c3ccccc23)NC(=O)[C@H](CCCN=C(N)N)NC(=O)[C@@H](Cc2ccccc2)NC(=O)[C@@H](CC(C)C)NC1=O. The summed E-state index contributed by atoms with van der Waals surface area (Å²) in [6, 6.07) is 6.82. The van der Waals surface area contributed by atoms with Gasteiger partial charge < -0.3 is 76.2 Å². The molecule has 2 heterocycles. The van der Waals surface area contributed by atoms with Crippen LogP contribution in [0.4, 0.5) is 0 Å². The average molecular weight is 1060 g/mol. The highest BCUT2D eigenvalue weighted by Gasteiger charge is 2.35. The second-order valence-electron chi connectivity index (χ2n) is 19.2. The highest BCUT2D eigenvalue weighted by molar-refractivity contribution is 5.99. The fourth-order valence-corrected chi connectivity index (χ4v) is 8.55. The molecule has 19 N–H and O–H groups in total. The van der Waals surface area contributed by atoms with Crippen LogP contribution in [0.5, 0.6) is 0 Å². The van der Waals surface area contributed by atoms with Crippen LogP contribution in [0.1, 0.15) is 96.1 Å². The van der Waals surface area contributed by atoms with Crippen LogP contribution < -0.4 is 71.2 Å². The predicted molar refractivity (Wildman–Crippen MR) is 286 cm³/mol. The van der Waals surface area contributed by atoms with Crippen molar-refractivity contribution in [3.8, 4) is 0 Å². The van der Waals surface area contributed by atoms with Crippen molar-refractivity contribution in [2.45, 2.75) is 140 Å². The number of rotatable bonds is 18. The number of hydrogen-bond donors (Lipinski definition) is 14. The first kappa shape index (κ1) is 60.3. The van der Waals surface area contributed by atoms with Crippen LogP contribution in [0.3, 0.4) is 0 Å². The summed E-state index contributed by atoms with van der Waals surface area (Å²) in [6.07, 6.45) is 2.78. The number of nitrogens with zero attached hydrogens (tertiary/aromatic N) is 2. The zero-order chi connectivity index (χ0) is 55.7. The van der Waals surface area contributed by atoms with Gasteiger partial charge >= 0.3 is 0 Å². The molecule has 25 heteroatoms. The molecular formula is C51H76N16O9. The van der Waals surface area contributed by atoms with Crippen LogP contribution in [0.2, 0.25) is 0 Å². The van der Waals surface area contributed by atoms with E-state index in [2.05, 4.69) is 57.5 Å². The van der Waals surface area contributed by atoms with Crippen molar-refractivity contribution < 1.29 is 43.2 Å². The Morgan fingerprint density at radius 2 is 1.28 bits per heavy atom. The largest absolute Gasteiger partial charge is 0.370 e. The maximum atomic E-state index is 14.7. The highest BCUT2D eigenvalue weighted by atomic mass is 16.2. The van der Waals surface area contributed by atoms with E-state index in [0.29, 0.717) is 30.4 Å². The molecule has 4 rings (SSSR count). The summed E-state index contributed by atoms with van der Waals surface area (Å²) in [6.45, 7) is 5.13. The van der Waals surface area contributed by atoms with Gasteiger partial charge in [-0.25, -0.2) is 0 Å². The Morgan fingerprint density at radius 3 is 1.93 bits per heavy atom. The van der Waals surface area contributed by atoms with Gasteiger partial charge in [0.25, 0.3) is 0 Å². The van der Waals surface area contributed by atoms with Crippen LogP contribution in [0.25, 0.3) is 10.9 Å². The Morgan fingerprint density at radius 1 is 0.684 bits per heavy atom. The van der Waals surface area contributed by atoms with E-state index in [4.69, 9.17) is 28.7 Å². The third kappa shape index (κ3) is 20.9. The van der Waals surface area contributed by atoms with Crippen LogP contribution in [-0.2, 0) is 56.0 Å². The Bertz CT molecular complexity index is 2530. The summed E-state index contributed by atoms with van der Waals surface area (Å²) in [5.74, 6) is -7.42. The standard InChI is InChI=1S/C51H76N16O9/c1-29(2)24-38-46(73)65-39(25-31-14-6-4-7-15-31)47(74)63-37(20-13-23-59-51(55)56)45(72)66-40(26-32-28-60-34-17-10-9-16-33(32)34)48(75)62-35(43(52)70)18-8-5-11-21-57-42(69)27-41(49(76)64-38)67-44(71)36(61-30(3)68)19-12-22-58-50(53)54/h4,6-7,9-10,14-17,28-29,35-41,60H,5,8,11-13,18-27H2,1-3H3,(H2,52,70)(H,57,69)(H,61,68)(H,62,75)(H,63,74)(H,64,76)(H,65,73)(H,66,72)(H,67,71)(H4,53,54,58)(H4,55,56,59)/t35-,36-,37-,38+,39+,40-,41-/m0/s1. The molecule has 1 saturated heterocycles. The molecule has 3 aromatic rings. The molecule has 0 radical (unpaired) electrons. The summed E-state index contributed by atoms with van der Waals surface area (Å²) in [5, 5.41) is 22.4. The van der Waals surface area contributed by atoms with Crippen molar-refractivity contribution in [2.24, 2.45) is 44.6 Å². The van der Waals surface area contributed by atoms with Gasteiger partial charge in [0.1, 0.15) is 42.3 Å². The third-order valence-corrected chi connectivity index (χ3v) is 12.4. The number of H-pyrrole nitrogens is 1. The molecule has 414 valence electrons. The minimum absolute atomic E-state index is 0.0374. The maximum Gasteiger partial charge on any atom is 0.243 e. The summed E-state index contributed by atoms with van der Waals surface area (Å²) < 4.78 is 0. The molecule has 1 aromatic heterocycles. The van der Waals surface area contributed by atoms with E-state index in [1.165, 1.54) is 6.92 Å². The van der Waals surface area contributed by atoms with E-state index < -0.39 is 102 Å². The summed E-state index contributed by atoms with van der Waals surface area (Å²) in [7, 11) is 0. The Hall–Kier alpha value is -8.25. The van der Waals surface area contributed by atoms with E-state index in [-0.39, 0.29) is 88.8 Å². The smallest absolute Gasteiger partial charge is 0.243 e. The lowest BCUT2D eigenvalue weighted by Gasteiger charge is -2.28. The number of para-hydroxylation sites is 1. The number of amides is 9. The van der Waals surface area contributed by atoms with Gasteiger partial charge in [-0.1, -0.05) is 75.2 Å². The molecule has 7 atom stereocenters. The molecule has 0 spiro atoms. The number of guanidine groups is 2. The fraction of sp³-hybridized carbons (Fsp3) is 0.510. The number of nitrogens with two attached hydrogens (primary N) is 5. The van der Waals surface area contributed by atoms with Crippen molar-refractivity contribution in [3.05, 3.63) is 71.9 Å². The number of hydrogen-bond acceptors (Lipinski definition) is 11. The second kappa shape index (κ2) is 30.8. The van der Waals surface area contributed by atoms with Gasteiger partial charge in [0.05, 0.1) is 6.42 Å². The molecule has 0 saturated carbocycles. The van der Waals surface area contributed by atoms with E-state index >= 15 is 0 Å². The summed E-state index contributed by atoms with van der Waals surface area (Å²) >= 11 is 0. The van der Waals surface area contributed by atoms with E-state index in [9.17, 15) is 43.2 Å². The summed E-state index contributed by atoms with van der Waals surface area (Å²) in [5.41, 5.74) is 29.9. The topological polar surface area (TPSA) is 420 Å². The molecule has 76 heavy (non-hydrogen) atoms. The van der Waals surface area contributed by atoms with Crippen molar-refractivity contribution in [2.75, 3.05) is 19.6 Å². The first-order valence-corrected chi connectivity index (χ1v) is 25.6. The van der Waals surface area contributed by atoms with Crippen molar-refractivity contribution in [1.82, 2.24) is 47.5 Å². The molecule has 0 unspecified atom stereocenters. The molecule has 1 fully saturated rings. The van der Waals surface area contributed by atoms with Crippen molar-refractivity contribution in [1.29, 1.82) is 0 Å². The van der Waals surface area contributed by atoms with Crippen molar-refractivity contribution >= 4 is 76.0 Å². The Labute approximate surface area is 441 Å². The second-order valence-corrected chi connectivity index (χ2v) is 19.2. The number of fused-ring (bicyclic) bond motifs is 1. The number of aromatic amines is 1. The van der Waals surface area contributed by atoms with Gasteiger partial charge in [0.15, 0.2) is 11.9 Å². The minimum Gasteiger partial charge on any atom is -0.370 e. The van der Waals surface area contributed by atoms with Crippen LogP contribution in [0, 0.1) is 5.92 Å². The molecular weight excluding hydrogens is 981 g/mol. The van der Waals surface area contributed by atoms with E-state index in [1.807, 2.05) is 24.3 Å². The molecule has 9 amide bonds. The number of nitrogens with one attached hydrogen (secondary N) is 9. The lowest BCUT2D eigenvalue weighted by atomic mass is 9.99. The Balaban J connectivity index is 1.76. The molecule has 1 aliphatic rings. The van der Waals surface area contributed by atoms with E-state index in [1.54, 1.807) is 50.4 Å². The number of aromatic nitrogens is 1. The summed E-state index contributed by atoms with van der Waals surface area (Å²) in [4.78, 5) is 136. The molecule has 2 aromatic carbocycles. The number of benzene rings is 2. The first-order chi connectivity index (χ1) is 36.2. The van der Waals surface area contributed by atoms with Gasteiger partial charge in [-0.2, -0.15) is 0 Å².